The van der Waals surface area contributed by atoms with Crippen molar-refractivity contribution in [3.8, 4) is 28.4 Å². The lowest BCUT2D eigenvalue weighted by atomic mass is 10.1. The number of nitrogens with zero attached hydrogens (tertiary/aromatic N) is 3. The zero-order chi connectivity index (χ0) is 25.4. The summed E-state index contributed by atoms with van der Waals surface area (Å²) in [6, 6.07) is 14.6. The fourth-order valence-corrected chi connectivity index (χ4v) is 4.24. The Morgan fingerprint density at radius 3 is 2.51 bits per heavy atom. The van der Waals surface area contributed by atoms with E-state index in [0.29, 0.717) is 33.6 Å². The lowest BCUT2D eigenvalue weighted by Gasteiger charge is -2.20. The predicted octanol–water partition coefficient (Wildman–Crippen LogP) is 5.45. The number of carbonyl (C=O) groups excluding carboxylic acids is 1. The van der Waals surface area contributed by atoms with E-state index in [4.69, 9.17) is 26.2 Å². The minimum Gasteiger partial charge on any atom is -0.497 e. The molecule has 1 N–H and O–H groups in total. The molecular weight excluding hydrogens is 464 g/mol. The Hall–Kier alpha value is -3.03. The summed E-state index contributed by atoms with van der Waals surface area (Å²) in [7, 11) is 3.20. The number of nitrogens with one attached hydrogen (secondary N) is 1. The maximum Gasteiger partial charge on any atom is 0.270 e. The van der Waals surface area contributed by atoms with Gasteiger partial charge in [-0.3, -0.25) is 4.79 Å². The first-order chi connectivity index (χ1) is 16.9. The molecule has 0 saturated carbocycles. The summed E-state index contributed by atoms with van der Waals surface area (Å²) in [4.78, 5) is 15.8. The van der Waals surface area contributed by atoms with Gasteiger partial charge in [0.05, 0.1) is 30.6 Å². The van der Waals surface area contributed by atoms with Gasteiger partial charge in [0.25, 0.3) is 5.91 Å². The smallest absolute Gasteiger partial charge is 0.270 e. The number of halogens is 1. The van der Waals surface area contributed by atoms with Gasteiger partial charge < -0.3 is 19.7 Å². The average Bonchev–Trinajstić information content (AvgIpc) is 3.31. The van der Waals surface area contributed by atoms with E-state index in [0.717, 1.165) is 38.0 Å². The Morgan fingerprint density at radius 2 is 1.86 bits per heavy atom. The number of rotatable bonds is 12. The highest BCUT2D eigenvalue weighted by atomic mass is 35.5. The van der Waals surface area contributed by atoms with Gasteiger partial charge in [-0.15, -0.1) is 0 Å². The molecule has 3 rings (SSSR count). The van der Waals surface area contributed by atoms with Gasteiger partial charge in [0, 0.05) is 17.7 Å². The zero-order valence-corrected chi connectivity index (χ0v) is 21.9. The van der Waals surface area contributed by atoms with Crippen molar-refractivity contribution in [3.05, 3.63) is 59.2 Å². The largest absolute Gasteiger partial charge is 0.497 e. The van der Waals surface area contributed by atoms with Crippen molar-refractivity contribution in [3.63, 3.8) is 0 Å². The number of aromatic nitrogens is 2. The fraction of sp³-hybridized carbons (Fsp3) is 0.407. The molecule has 8 heteroatoms. The van der Waals surface area contributed by atoms with Crippen LogP contribution in [0.4, 0.5) is 0 Å². The Balaban J connectivity index is 1.91. The second kappa shape index (κ2) is 12.6. The number of benzene rings is 2. The molecule has 0 aliphatic carbocycles. The number of hydrogen-bond acceptors (Lipinski definition) is 5. The van der Waals surface area contributed by atoms with Crippen LogP contribution in [0.25, 0.3) is 16.9 Å². The first kappa shape index (κ1) is 26.6. The molecule has 0 aliphatic heterocycles. The van der Waals surface area contributed by atoms with E-state index < -0.39 is 0 Å². The van der Waals surface area contributed by atoms with E-state index >= 15 is 0 Å². The number of amides is 1. The van der Waals surface area contributed by atoms with Gasteiger partial charge in [-0.1, -0.05) is 37.6 Å². The number of hydrogen-bond donors (Lipinski definition) is 1. The Morgan fingerprint density at radius 1 is 1.11 bits per heavy atom. The molecule has 0 bridgehead atoms. The van der Waals surface area contributed by atoms with E-state index in [1.165, 1.54) is 0 Å². The lowest BCUT2D eigenvalue weighted by molar-refractivity contribution is 0.0929. The summed E-state index contributed by atoms with van der Waals surface area (Å²) in [6.45, 7) is 9.45. The predicted molar refractivity (Wildman–Crippen MR) is 141 cm³/mol. The van der Waals surface area contributed by atoms with Gasteiger partial charge in [-0.25, -0.2) is 4.68 Å². The van der Waals surface area contributed by atoms with Crippen LogP contribution in [0.3, 0.4) is 0 Å². The van der Waals surface area contributed by atoms with Crippen LogP contribution in [0, 0.1) is 0 Å². The highest BCUT2D eigenvalue weighted by Gasteiger charge is 2.22. The van der Waals surface area contributed by atoms with Crippen molar-refractivity contribution in [2.45, 2.75) is 39.7 Å². The Kier molecular flexibility index (Phi) is 9.57. The highest BCUT2D eigenvalue weighted by molar-refractivity contribution is 6.32. The third kappa shape index (κ3) is 6.55. The van der Waals surface area contributed by atoms with Crippen molar-refractivity contribution in [2.24, 2.45) is 0 Å². The molecule has 0 aliphatic rings. The van der Waals surface area contributed by atoms with E-state index in [2.05, 4.69) is 24.1 Å². The van der Waals surface area contributed by atoms with Crippen LogP contribution in [0.1, 0.15) is 44.1 Å². The molecular formula is C27H35ClN4O3. The average molecular weight is 499 g/mol. The third-order valence-electron chi connectivity index (χ3n) is 6.09. The Bertz CT molecular complexity index is 1130. The summed E-state index contributed by atoms with van der Waals surface area (Å²) >= 11 is 6.48. The van der Waals surface area contributed by atoms with Crippen LogP contribution in [0.15, 0.2) is 48.5 Å². The highest BCUT2D eigenvalue weighted by Crippen LogP contribution is 2.34. The maximum absolute atomic E-state index is 13.4. The number of ether oxygens (including phenoxy) is 2. The van der Waals surface area contributed by atoms with E-state index in [9.17, 15) is 4.79 Å². The molecule has 0 spiro atoms. The van der Waals surface area contributed by atoms with E-state index in [-0.39, 0.29) is 11.9 Å². The molecule has 1 unspecified atom stereocenters. The summed E-state index contributed by atoms with van der Waals surface area (Å²) < 4.78 is 12.5. The van der Waals surface area contributed by atoms with Gasteiger partial charge in [-0.2, -0.15) is 5.10 Å². The normalized spacial score (nSPS) is 12.0. The Labute approximate surface area is 213 Å². The number of para-hydroxylation sites is 1. The van der Waals surface area contributed by atoms with Crippen LogP contribution in [0.5, 0.6) is 11.5 Å². The summed E-state index contributed by atoms with van der Waals surface area (Å²) in [5.41, 5.74) is 2.39. The summed E-state index contributed by atoms with van der Waals surface area (Å²) in [5.74, 6) is 1.07. The number of methoxy groups -OCH3 is 2. The van der Waals surface area contributed by atoms with Crippen LogP contribution in [-0.4, -0.2) is 60.5 Å². The van der Waals surface area contributed by atoms with Crippen molar-refractivity contribution >= 4 is 17.5 Å². The number of carbonyl (C=O) groups is 1. The molecule has 1 aromatic heterocycles. The van der Waals surface area contributed by atoms with Crippen molar-refractivity contribution in [1.29, 1.82) is 0 Å². The molecule has 1 atom stereocenters. The van der Waals surface area contributed by atoms with E-state index in [1.54, 1.807) is 37.1 Å². The third-order valence-corrected chi connectivity index (χ3v) is 6.41. The van der Waals surface area contributed by atoms with Crippen molar-refractivity contribution in [1.82, 2.24) is 20.0 Å². The first-order valence-electron chi connectivity index (χ1n) is 12.0. The first-order valence-corrected chi connectivity index (χ1v) is 12.4. The molecule has 0 fully saturated rings. The zero-order valence-electron chi connectivity index (χ0n) is 21.2. The molecule has 188 valence electrons. The minimum atomic E-state index is -0.202. The van der Waals surface area contributed by atoms with Crippen molar-refractivity contribution in [2.75, 3.05) is 33.9 Å². The summed E-state index contributed by atoms with van der Waals surface area (Å²) in [6.07, 6.45) is 1.91. The molecule has 0 saturated heterocycles. The standard InChI is InChI=1S/C27H35ClN4O3/c1-6-31(7-2)16-10-11-19(3)29-27(33)25-18-23(21-15-14-20(34-4)17-26(21)35-5)30-32(25)24-13-9-8-12-22(24)28/h8-9,12-15,17-19H,6-7,10-11,16H2,1-5H3,(H,29,33). The fourth-order valence-electron chi connectivity index (χ4n) is 4.02. The van der Waals surface area contributed by atoms with Gasteiger partial charge in [0.1, 0.15) is 17.2 Å². The van der Waals surface area contributed by atoms with Crippen LogP contribution < -0.4 is 14.8 Å². The molecule has 2 aromatic carbocycles. The van der Waals surface area contributed by atoms with Gasteiger partial charge >= 0.3 is 0 Å². The van der Waals surface area contributed by atoms with E-state index in [1.807, 2.05) is 37.3 Å². The molecule has 1 heterocycles. The second-order valence-corrected chi connectivity index (χ2v) is 8.80. The minimum absolute atomic E-state index is 0.0200. The summed E-state index contributed by atoms with van der Waals surface area (Å²) in [5, 5.41) is 8.39. The molecule has 3 aromatic rings. The quantitative estimate of drug-likeness (QED) is 0.359. The van der Waals surface area contributed by atoms with Gasteiger partial charge in [0.15, 0.2) is 0 Å². The van der Waals surface area contributed by atoms with Gasteiger partial charge in [0.2, 0.25) is 0 Å². The van der Waals surface area contributed by atoms with Gasteiger partial charge in [-0.05, 0) is 69.7 Å². The second-order valence-electron chi connectivity index (χ2n) is 8.39. The van der Waals surface area contributed by atoms with Crippen molar-refractivity contribution < 1.29 is 14.3 Å². The van der Waals surface area contributed by atoms with Crippen LogP contribution in [0.2, 0.25) is 5.02 Å². The monoisotopic (exact) mass is 498 g/mol. The molecule has 7 nitrogen and oxygen atoms in total. The molecule has 1 amide bonds. The maximum atomic E-state index is 13.4. The van der Waals surface area contributed by atoms with Crippen LogP contribution in [-0.2, 0) is 0 Å². The molecule has 0 radical (unpaired) electrons. The lowest BCUT2D eigenvalue weighted by Crippen LogP contribution is -2.34. The topological polar surface area (TPSA) is 68.6 Å². The van der Waals surface area contributed by atoms with Crippen LogP contribution >= 0.6 is 11.6 Å². The molecule has 35 heavy (non-hydrogen) atoms. The SMILES string of the molecule is CCN(CC)CCCC(C)NC(=O)c1cc(-c2ccc(OC)cc2OC)nn1-c1ccccc1Cl.